The van der Waals surface area contributed by atoms with E-state index in [1.165, 1.54) is 0 Å². The Balaban J connectivity index is 2.07. The van der Waals surface area contributed by atoms with Crippen molar-refractivity contribution < 1.29 is 10.0 Å². The minimum atomic E-state index is -0.0111. The van der Waals surface area contributed by atoms with Gasteiger partial charge in [-0.3, -0.25) is 4.79 Å². The zero-order valence-electron chi connectivity index (χ0n) is 11.3. The molecule has 1 aromatic rings. The number of amidine groups is 1. The third-order valence-corrected chi connectivity index (χ3v) is 3.98. The predicted octanol–water partition coefficient (Wildman–Crippen LogP) is 2.25. The van der Waals surface area contributed by atoms with Gasteiger partial charge in [0.2, 0.25) is 0 Å². The predicted molar refractivity (Wildman–Crippen MR) is 78.2 cm³/mol. The number of benzene rings is 1. The summed E-state index contributed by atoms with van der Waals surface area (Å²) in [4.78, 5) is 14.3. The van der Waals surface area contributed by atoms with E-state index in [4.69, 9.17) is 22.5 Å². The molecule has 5 nitrogen and oxygen atoms in total. The van der Waals surface area contributed by atoms with Gasteiger partial charge in [0, 0.05) is 29.6 Å². The van der Waals surface area contributed by atoms with Gasteiger partial charge in [-0.15, -0.1) is 0 Å². The monoisotopic (exact) mass is 295 g/mol. The van der Waals surface area contributed by atoms with Crippen LogP contribution in [0.5, 0.6) is 0 Å². The number of piperidine rings is 1. The topological polar surface area (TPSA) is 78.9 Å². The maximum absolute atomic E-state index is 12.5. The van der Waals surface area contributed by atoms with Gasteiger partial charge in [-0.2, -0.15) is 0 Å². The van der Waals surface area contributed by atoms with Crippen LogP contribution in [0, 0.1) is 12.8 Å². The Morgan fingerprint density at radius 3 is 2.70 bits per heavy atom. The summed E-state index contributed by atoms with van der Waals surface area (Å²) in [5.41, 5.74) is 7.16. The van der Waals surface area contributed by atoms with Crippen LogP contribution >= 0.6 is 11.6 Å². The SMILES string of the molecule is Cc1ccc(Cl)cc1C(=O)N1CCC(/C(N)=N/O)CC1. The largest absolute Gasteiger partial charge is 0.409 e. The van der Waals surface area contributed by atoms with Crippen LogP contribution in [-0.4, -0.2) is 34.9 Å². The number of halogens is 1. The van der Waals surface area contributed by atoms with E-state index in [-0.39, 0.29) is 17.7 Å². The molecule has 0 aliphatic carbocycles. The fraction of sp³-hybridized carbons (Fsp3) is 0.429. The fourth-order valence-corrected chi connectivity index (χ4v) is 2.63. The van der Waals surface area contributed by atoms with Gasteiger partial charge in [0.05, 0.1) is 0 Å². The molecule has 3 N–H and O–H groups in total. The molecule has 0 saturated carbocycles. The van der Waals surface area contributed by atoms with Crippen LogP contribution in [0.3, 0.4) is 0 Å². The summed E-state index contributed by atoms with van der Waals surface area (Å²) in [7, 11) is 0. The lowest BCUT2D eigenvalue weighted by Gasteiger charge is -2.31. The van der Waals surface area contributed by atoms with Crippen molar-refractivity contribution in [2.24, 2.45) is 16.8 Å². The van der Waals surface area contributed by atoms with Gasteiger partial charge >= 0.3 is 0 Å². The maximum atomic E-state index is 12.5. The number of carbonyl (C=O) groups is 1. The van der Waals surface area contributed by atoms with E-state index in [9.17, 15) is 4.79 Å². The number of nitrogens with zero attached hydrogens (tertiary/aromatic N) is 2. The molecule has 0 radical (unpaired) electrons. The quantitative estimate of drug-likeness (QED) is 0.380. The number of likely N-dealkylation sites (tertiary alicyclic amines) is 1. The Hall–Kier alpha value is -1.75. The normalized spacial score (nSPS) is 17.3. The van der Waals surface area contributed by atoms with E-state index in [0.717, 1.165) is 5.56 Å². The zero-order valence-corrected chi connectivity index (χ0v) is 12.1. The standard InChI is InChI=1S/C14H18ClN3O2/c1-9-2-3-11(15)8-12(9)14(19)18-6-4-10(5-7-18)13(16)17-20/h2-3,8,10,20H,4-7H2,1H3,(H2,16,17). The average molecular weight is 296 g/mol. The first kappa shape index (κ1) is 14.7. The van der Waals surface area contributed by atoms with Crippen molar-refractivity contribution in [3.05, 3.63) is 34.3 Å². The lowest BCUT2D eigenvalue weighted by atomic mass is 9.95. The molecule has 0 aromatic heterocycles. The second kappa shape index (κ2) is 6.13. The van der Waals surface area contributed by atoms with Crippen LogP contribution in [0.4, 0.5) is 0 Å². The molecule has 1 amide bonds. The molecule has 0 atom stereocenters. The lowest BCUT2D eigenvalue weighted by Crippen LogP contribution is -2.42. The molecule has 1 heterocycles. The smallest absolute Gasteiger partial charge is 0.254 e. The third kappa shape index (κ3) is 3.04. The summed E-state index contributed by atoms with van der Waals surface area (Å²) in [6, 6.07) is 5.33. The first-order valence-electron chi connectivity index (χ1n) is 6.55. The molecule has 1 fully saturated rings. The van der Waals surface area contributed by atoms with Crippen LogP contribution in [-0.2, 0) is 0 Å². The summed E-state index contributed by atoms with van der Waals surface area (Å²) >= 11 is 5.95. The molecule has 20 heavy (non-hydrogen) atoms. The second-order valence-electron chi connectivity index (χ2n) is 5.05. The number of carbonyl (C=O) groups excluding carboxylic acids is 1. The molecule has 0 bridgehead atoms. The Morgan fingerprint density at radius 2 is 2.10 bits per heavy atom. The Morgan fingerprint density at radius 1 is 1.45 bits per heavy atom. The van der Waals surface area contributed by atoms with Gasteiger partial charge in [0.15, 0.2) is 0 Å². The molecular formula is C14H18ClN3O2. The number of amides is 1. The van der Waals surface area contributed by atoms with Crippen molar-refractivity contribution in [3.8, 4) is 0 Å². The van der Waals surface area contributed by atoms with Gasteiger partial charge in [0.1, 0.15) is 5.84 Å². The van der Waals surface area contributed by atoms with Gasteiger partial charge < -0.3 is 15.8 Å². The molecule has 1 aliphatic rings. The van der Waals surface area contributed by atoms with E-state index in [2.05, 4.69) is 5.16 Å². The zero-order chi connectivity index (χ0) is 14.7. The number of rotatable bonds is 2. The highest BCUT2D eigenvalue weighted by atomic mass is 35.5. The van der Waals surface area contributed by atoms with Crippen molar-refractivity contribution in [2.75, 3.05) is 13.1 Å². The summed E-state index contributed by atoms with van der Waals surface area (Å²) in [5, 5.41) is 12.3. The minimum absolute atomic E-state index is 0.0111. The van der Waals surface area contributed by atoms with Gasteiger partial charge in [0.25, 0.3) is 5.91 Å². The highest BCUT2D eigenvalue weighted by Crippen LogP contribution is 2.22. The molecule has 108 valence electrons. The summed E-state index contributed by atoms with van der Waals surface area (Å²) in [5.74, 6) is 0.281. The number of aryl methyl sites for hydroxylation is 1. The van der Waals surface area contributed by atoms with Crippen molar-refractivity contribution >= 4 is 23.3 Å². The van der Waals surface area contributed by atoms with Crippen molar-refractivity contribution in [2.45, 2.75) is 19.8 Å². The van der Waals surface area contributed by atoms with Crippen LogP contribution in [0.25, 0.3) is 0 Å². The number of nitrogens with two attached hydrogens (primary N) is 1. The first-order valence-corrected chi connectivity index (χ1v) is 6.93. The molecule has 1 aromatic carbocycles. The molecule has 0 unspecified atom stereocenters. The molecule has 0 spiro atoms. The Kier molecular flexibility index (Phi) is 4.49. The van der Waals surface area contributed by atoms with E-state index < -0.39 is 0 Å². The van der Waals surface area contributed by atoms with Crippen LogP contribution < -0.4 is 5.73 Å². The van der Waals surface area contributed by atoms with Crippen LogP contribution in [0.1, 0.15) is 28.8 Å². The fourth-order valence-electron chi connectivity index (χ4n) is 2.45. The molecule has 6 heteroatoms. The van der Waals surface area contributed by atoms with Gasteiger partial charge in [-0.1, -0.05) is 22.8 Å². The number of oxime groups is 1. The van der Waals surface area contributed by atoms with Crippen molar-refractivity contribution in [3.63, 3.8) is 0 Å². The third-order valence-electron chi connectivity index (χ3n) is 3.75. The summed E-state index contributed by atoms with van der Waals surface area (Å²) < 4.78 is 0. The summed E-state index contributed by atoms with van der Waals surface area (Å²) in [6.45, 7) is 3.10. The number of hydrogen-bond donors (Lipinski definition) is 2. The molecule has 2 rings (SSSR count). The van der Waals surface area contributed by atoms with Crippen molar-refractivity contribution in [1.29, 1.82) is 0 Å². The van der Waals surface area contributed by atoms with Gasteiger partial charge in [-0.25, -0.2) is 0 Å². The van der Waals surface area contributed by atoms with E-state index in [1.54, 1.807) is 17.0 Å². The van der Waals surface area contributed by atoms with Crippen LogP contribution in [0.15, 0.2) is 23.4 Å². The Bertz CT molecular complexity index is 537. The van der Waals surface area contributed by atoms with Gasteiger partial charge in [-0.05, 0) is 37.5 Å². The Labute approximate surface area is 123 Å². The second-order valence-corrected chi connectivity index (χ2v) is 5.49. The van der Waals surface area contributed by atoms with Crippen LogP contribution in [0.2, 0.25) is 5.02 Å². The highest BCUT2D eigenvalue weighted by molar-refractivity contribution is 6.31. The highest BCUT2D eigenvalue weighted by Gasteiger charge is 2.26. The van der Waals surface area contributed by atoms with E-state index >= 15 is 0 Å². The number of hydrogen-bond acceptors (Lipinski definition) is 3. The maximum Gasteiger partial charge on any atom is 0.254 e. The lowest BCUT2D eigenvalue weighted by molar-refractivity contribution is 0.0708. The minimum Gasteiger partial charge on any atom is -0.409 e. The summed E-state index contributed by atoms with van der Waals surface area (Å²) in [6.07, 6.45) is 1.42. The molecule has 1 aliphatic heterocycles. The first-order chi connectivity index (χ1) is 9.52. The van der Waals surface area contributed by atoms with Crippen molar-refractivity contribution in [1.82, 2.24) is 4.90 Å². The van der Waals surface area contributed by atoms with E-state index in [0.29, 0.717) is 36.5 Å². The molecular weight excluding hydrogens is 278 g/mol. The van der Waals surface area contributed by atoms with E-state index in [1.807, 2.05) is 13.0 Å². The average Bonchev–Trinajstić information content (AvgIpc) is 2.48. The molecule has 1 saturated heterocycles.